The molecule has 1 atom stereocenters. The van der Waals surface area contributed by atoms with Crippen LogP contribution in [0.5, 0.6) is 5.75 Å². The molecule has 164 valence electrons. The molecular weight excluding hydrogens is 418 g/mol. The lowest BCUT2D eigenvalue weighted by atomic mass is 10.1. The molecule has 5 aromatic rings. The molecule has 0 aliphatic carbocycles. The predicted molar refractivity (Wildman–Crippen MR) is 125 cm³/mol. The number of para-hydroxylation sites is 2. The Hall–Kier alpha value is -4.26. The lowest BCUT2D eigenvalue weighted by Gasteiger charge is -2.28. The first-order chi connectivity index (χ1) is 16.0. The predicted octanol–water partition coefficient (Wildman–Crippen LogP) is 4.08. The second-order valence-corrected chi connectivity index (χ2v) is 8.35. The largest absolute Gasteiger partial charge is 0.474 e. The minimum Gasteiger partial charge on any atom is -0.474 e. The van der Waals surface area contributed by atoms with Crippen molar-refractivity contribution in [3.63, 3.8) is 0 Å². The number of furan rings is 1. The van der Waals surface area contributed by atoms with E-state index in [1.807, 2.05) is 66.1 Å². The molecule has 7 heteroatoms. The highest BCUT2D eigenvalue weighted by Crippen LogP contribution is 2.46. The van der Waals surface area contributed by atoms with Gasteiger partial charge in [-0.15, -0.1) is 0 Å². The molecule has 4 heterocycles. The number of hydrogen-bond donors (Lipinski definition) is 0. The van der Waals surface area contributed by atoms with Crippen LogP contribution in [-0.4, -0.2) is 13.7 Å². The monoisotopic (exact) mass is 439 g/mol. The number of ether oxygens (including phenoxy) is 1. The third-order valence-corrected chi connectivity index (χ3v) is 6.33. The number of hydrogen-bond acceptors (Lipinski definition) is 4. The van der Waals surface area contributed by atoms with Gasteiger partial charge in [-0.1, -0.05) is 42.0 Å². The van der Waals surface area contributed by atoms with E-state index in [9.17, 15) is 9.59 Å². The number of benzene rings is 2. The Kier molecular flexibility index (Phi) is 4.04. The highest BCUT2D eigenvalue weighted by atomic mass is 16.5. The zero-order chi connectivity index (χ0) is 22.9. The van der Waals surface area contributed by atoms with Gasteiger partial charge in [-0.25, -0.2) is 4.79 Å². The summed E-state index contributed by atoms with van der Waals surface area (Å²) in [6.45, 7) is 2.02. The molecule has 0 N–H and O–H groups in total. The molecule has 0 bridgehead atoms. The van der Waals surface area contributed by atoms with Gasteiger partial charge in [-0.05, 0) is 36.8 Å². The van der Waals surface area contributed by atoms with Crippen molar-refractivity contribution >= 4 is 10.9 Å². The van der Waals surface area contributed by atoms with Crippen molar-refractivity contribution in [2.24, 2.45) is 14.1 Å². The first-order valence-corrected chi connectivity index (χ1v) is 10.7. The molecule has 3 aromatic heterocycles. The summed E-state index contributed by atoms with van der Waals surface area (Å²) in [6, 6.07) is 19.4. The summed E-state index contributed by atoms with van der Waals surface area (Å²) in [6.07, 6.45) is 0.961. The molecule has 0 spiro atoms. The van der Waals surface area contributed by atoms with E-state index in [2.05, 4.69) is 0 Å². The second-order valence-electron chi connectivity index (χ2n) is 8.35. The Labute approximate surface area is 188 Å². The van der Waals surface area contributed by atoms with Crippen LogP contribution in [0.25, 0.3) is 27.8 Å². The van der Waals surface area contributed by atoms with Crippen molar-refractivity contribution in [2.75, 3.05) is 0 Å². The van der Waals surface area contributed by atoms with E-state index in [1.54, 1.807) is 19.4 Å². The van der Waals surface area contributed by atoms with E-state index in [4.69, 9.17) is 9.15 Å². The van der Waals surface area contributed by atoms with Gasteiger partial charge in [-0.2, -0.15) is 0 Å². The van der Waals surface area contributed by atoms with Crippen LogP contribution in [0.3, 0.4) is 0 Å². The highest BCUT2D eigenvalue weighted by Gasteiger charge is 2.37. The Morgan fingerprint density at radius 3 is 2.36 bits per heavy atom. The van der Waals surface area contributed by atoms with Crippen LogP contribution in [0.15, 0.2) is 80.9 Å². The molecule has 0 amide bonds. The fourth-order valence-electron chi connectivity index (χ4n) is 4.73. The van der Waals surface area contributed by atoms with Crippen molar-refractivity contribution in [1.29, 1.82) is 0 Å². The summed E-state index contributed by atoms with van der Waals surface area (Å²) in [5.41, 5.74) is 4.00. The summed E-state index contributed by atoms with van der Waals surface area (Å²) >= 11 is 0. The minimum absolute atomic E-state index is 0.346. The molecule has 7 nitrogen and oxygen atoms in total. The van der Waals surface area contributed by atoms with Crippen LogP contribution in [0, 0.1) is 6.92 Å². The van der Waals surface area contributed by atoms with Crippen LogP contribution in [0.4, 0.5) is 0 Å². The first kappa shape index (κ1) is 19.4. The molecule has 0 saturated heterocycles. The average molecular weight is 439 g/mol. The van der Waals surface area contributed by atoms with E-state index in [0.29, 0.717) is 28.1 Å². The van der Waals surface area contributed by atoms with E-state index < -0.39 is 11.8 Å². The molecule has 2 aromatic carbocycles. The third-order valence-electron chi connectivity index (χ3n) is 6.33. The average Bonchev–Trinajstić information content (AvgIpc) is 3.48. The Morgan fingerprint density at radius 2 is 1.64 bits per heavy atom. The third kappa shape index (κ3) is 2.62. The van der Waals surface area contributed by atoms with Crippen molar-refractivity contribution in [2.45, 2.75) is 13.0 Å². The van der Waals surface area contributed by atoms with Gasteiger partial charge in [0.05, 0.1) is 34.2 Å². The standard InChI is InChI=1S/C26H21N3O4/c1-15-10-12-16(13-11-15)21-20-22(27(2)26(31)28(3)25(20)30)23-24(19-9-6-14-32-19)33-18-8-5-4-7-17(18)29(21)23/h4-14,24H,1-3H3/t24-/m1/s1. The zero-order valence-electron chi connectivity index (χ0n) is 18.4. The maximum Gasteiger partial charge on any atom is 0.331 e. The smallest absolute Gasteiger partial charge is 0.331 e. The van der Waals surface area contributed by atoms with Crippen LogP contribution >= 0.6 is 0 Å². The fourth-order valence-corrected chi connectivity index (χ4v) is 4.73. The highest BCUT2D eigenvalue weighted by molar-refractivity contribution is 5.98. The van der Waals surface area contributed by atoms with Gasteiger partial charge in [0.2, 0.25) is 0 Å². The molecular formula is C26H21N3O4. The Bertz CT molecular complexity index is 1650. The molecule has 0 unspecified atom stereocenters. The summed E-state index contributed by atoms with van der Waals surface area (Å²) in [7, 11) is 3.19. The van der Waals surface area contributed by atoms with E-state index in [1.165, 1.54) is 11.6 Å². The topological polar surface area (TPSA) is 71.3 Å². The maximum absolute atomic E-state index is 13.6. The quantitative estimate of drug-likeness (QED) is 0.416. The second kappa shape index (κ2) is 6.87. The number of fused-ring (bicyclic) bond motifs is 5. The van der Waals surface area contributed by atoms with Gasteiger partial charge in [-0.3, -0.25) is 13.9 Å². The fraction of sp³-hybridized carbons (Fsp3) is 0.154. The molecule has 0 fully saturated rings. The zero-order valence-corrected chi connectivity index (χ0v) is 18.4. The van der Waals surface area contributed by atoms with Crippen molar-refractivity contribution in [3.05, 3.63) is 105 Å². The SMILES string of the molecule is Cc1ccc(-c2c3c(=O)n(C)c(=O)n(C)c3c3n2-c2ccccc2O[C@@H]3c2ccco2)cc1. The number of nitrogens with zero attached hydrogens (tertiary/aromatic N) is 3. The van der Waals surface area contributed by atoms with Crippen molar-refractivity contribution in [3.8, 4) is 22.7 Å². The van der Waals surface area contributed by atoms with Gasteiger partial charge in [0.1, 0.15) is 5.75 Å². The Morgan fingerprint density at radius 1 is 0.879 bits per heavy atom. The maximum atomic E-state index is 13.6. The van der Waals surface area contributed by atoms with Crippen LogP contribution in [-0.2, 0) is 14.1 Å². The lowest BCUT2D eigenvalue weighted by molar-refractivity contribution is 0.199. The van der Waals surface area contributed by atoms with Gasteiger partial charge >= 0.3 is 5.69 Å². The summed E-state index contributed by atoms with van der Waals surface area (Å²) < 4.78 is 16.9. The van der Waals surface area contributed by atoms with Gasteiger partial charge in [0.15, 0.2) is 11.9 Å². The Balaban J connectivity index is 1.88. The first-order valence-electron chi connectivity index (χ1n) is 10.7. The van der Waals surface area contributed by atoms with Gasteiger partial charge in [0, 0.05) is 14.1 Å². The van der Waals surface area contributed by atoms with E-state index in [0.717, 1.165) is 27.1 Å². The number of aromatic nitrogens is 3. The van der Waals surface area contributed by atoms with Crippen molar-refractivity contribution in [1.82, 2.24) is 13.7 Å². The molecule has 1 aliphatic heterocycles. The minimum atomic E-state index is -0.630. The van der Waals surface area contributed by atoms with Gasteiger partial charge < -0.3 is 13.7 Å². The van der Waals surface area contributed by atoms with E-state index >= 15 is 0 Å². The normalized spacial score (nSPS) is 14.7. The number of aryl methyl sites for hydroxylation is 2. The lowest BCUT2D eigenvalue weighted by Crippen LogP contribution is -2.37. The van der Waals surface area contributed by atoms with E-state index in [-0.39, 0.29) is 5.56 Å². The number of rotatable bonds is 2. The summed E-state index contributed by atoms with van der Waals surface area (Å²) in [5, 5.41) is 0.468. The van der Waals surface area contributed by atoms with Crippen LogP contribution in [0.2, 0.25) is 0 Å². The molecule has 33 heavy (non-hydrogen) atoms. The van der Waals surface area contributed by atoms with Crippen molar-refractivity contribution < 1.29 is 9.15 Å². The van der Waals surface area contributed by atoms with Crippen LogP contribution < -0.4 is 16.0 Å². The van der Waals surface area contributed by atoms with Crippen LogP contribution in [0.1, 0.15) is 23.1 Å². The van der Waals surface area contributed by atoms with Gasteiger partial charge in [0.25, 0.3) is 5.56 Å². The summed E-state index contributed by atoms with van der Waals surface area (Å²) in [5.74, 6) is 1.26. The molecule has 1 aliphatic rings. The summed E-state index contributed by atoms with van der Waals surface area (Å²) in [4.78, 5) is 26.5. The molecule has 0 radical (unpaired) electrons. The molecule has 0 saturated carbocycles. The molecule has 6 rings (SSSR count).